The number of piperazine rings is 1. The van der Waals surface area contributed by atoms with Gasteiger partial charge in [0.25, 0.3) is 5.91 Å². The van der Waals surface area contributed by atoms with Gasteiger partial charge in [-0.05, 0) is 37.4 Å². The molecule has 2 fully saturated rings. The van der Waals surface area contributed by atoms with Crippen LogP contribution in [0.2, 0.25) is 5.02 Å². The van der Waals surface area contributed by atoms with Crippen LogP contribution in [0.3, 0.4) is 0 Å². The van der Waals surface area contributed by atoms with Crippen molar-refractivity contribution in [3.8, 4) is 12.1 Å². The summed E-state index contributed by atoms with van der Waals surface area (Å²) in [5.74, 6) is -0.852. The molecule has 2 saturated heterocycles. The SMILES string of the molecule is C=C(F)C(=O)N1CCN(c2nc(OC[C@H](C)C3C[C@@H](OC)CN3C)nc3c2CCN(c2cccc4cccc(Cl)c24)C3)C[C@@H]1CC#N. The molecule has 0 spiro atoms. The first kappa shape index (κ1) is 32.9. The lowest BCUT2D eigenvalue weighted by molar-refractivity contribution is -0.131. The Morgan fingerprint density at radius 2 is 1.96 bits per heavy atom. The van der Waals surface area contributed by atoms with Gasteiger partial charge in [-0.1, -0.05) is 49.4 Å². The molecule has 3 aromatic rings. The van der Waals surface area contributed by atoms with Gasteiger partial charge in [-0.3, -0.25) is 4.79 Å². The largest absolute Gasteiger partial charge is 0.463 e. The van der Waals surface area contributed by atoms with Gasteiger partial charge in [0.05, 0.1) is 48.5 Å². The third-order valence-corrected chi connectivity index (χ3v) is 10.1. The van der Waals surface area contributed by atoms with Crippen molar-refractivity contribution in [2.75, 3.05) is 63.3 Å². The lowest BCUT2D eigenvalue weighted by Gasteiger charge is -2.42. The number of hydrogen-bond acceptors (Lipinski definition) is 9. The minimum absolute atomic E-state index is 0.0661. The summed E-state index contributed by atoms with van der Waals surface area (Å²) in [5.41, 5.74) is 2.91. The van der Waals surface area contributed by atoms with Gasteiger partial charge in [-0.15, -0.1) is 0 Å². The quantitative estimate of drug-likeness (QED) is 0.294. The number of aromatic nitrogens is 2. The number of nitrogens with zero attached hydrogens (tertiary/aromatic N) is 7. The van der Waals surface area contributed by atoms with Crippen molar-refractivity contribution >= 4 is 39.8 Å². The number of anilines is 2. The molecule has 6 rings (SSSR count). The normalized spacial score (nSPS) is 22.2. The predicted octanol–water partition coefficient (Wildman–Crippen LogP) is 4.99. The first-order chi connectivity index (χ1) is 22.7. The van der Waals surface area contributed by atoms with Crippen molar-refractivity contribution in [2.24, 2.45) is 5.92 Å². The van der Waals surface area contributed by atoms with Crippen LogP contribution in [0, 0.1) is 17.2 Å². The van der Waals surface area contributed by atoms with Crippen molar-refractivity contribution < 1.29 is 18.7 Å². The number of hydrogen-bond donors (Lipinski definition) is 0. The molecule has 4 atom stereocenters. The first-order valence-corrected chi connectivity index (χ1v) is 16.5. The Balaban J connectivity index is 1.31. The Kier molecular flexibility index (Phi) is 9.82. The van der Waals surface area contributed by atoms with Crippen molar-refractivity contribution in [1.82, 2.24) is 19.8 Å². The number of carbonyl (C=O) groups excluding carboxylic acids is 1. The fourth-order valence-corrected chi connectivity index (χ4v) is 7.62. The van der Waals surface area contributed by atoms with Gasteiger partial charge >= 0.3 is 6.01 Å². The number of likely N-dealkylation sites (tertiary alicyclic amines) is 1. The third kappa shape index (κ3) is 6.73. The van der Waals surface area contributed by atoms with E-state index in [2.05, 4.69) is 59.5 Å². The summed E-state index contributed by atoms with van der Waals surface area (Å²) in [6, 6.07) is 14.4. The van der Waals surface area contributed by atoms with Crippen molar-refractivity contribution in [1.29, 1.82) is 5.26 Å². The van der Waals surface area contributed by atoms with Crippen LogP contribution in [0.1, 0.15) is 31.0 Å². The van der Waals surface area contributed by atoms with Gasteiger partial charge < -0.3 is 29.1 Å². The zero-order chi connectivity index (χ0) is 33.2. The lowest BCUT2D eigenvalue weighted by Crippen LogP contribution is -2.55. The van der Waals surface area contributed by atoms with Gasteiger partial charge in [0, 0.05) is 68.4 Å². The average Bonchev–Trinajstić information content (AvgIpc) is 3.46. The van der Waals surface area contributed by atoms with Crippen LogP contribution in [0.25, 0.3) is 10.8 Å². The Morgan fingerprint density at radius 1 is 1.17 bits per heavy atom. The molecule has 0 radical (unpaired) electrons. The number of benzene rings is 2. The van der Waals surface area contributed by atoms with E-state index < -0.39 is 17.8 Å². The van der Waals surface area contributed by atoms with Crippen LogP contribution < -0.4 is 14.5 Å². The maximum absolute atomic E-state index is 13.9. The molecule has 2 aromatic carbocycles. The fourth-order valence-electron chi connectivity index (χ4n) is 7.35. The van der Waals surface area contributed by atoms with Crippen molar-refractivity contribution in [2.45, 2.75) is 50.9 Å². The Morgan fingerprint density at radius 3 is 2.68 bits per heavy atom. The van der Waals surface area contributed by atoms with E-state index in [0.29, 0.717) is 49.7 Å². The molecule has 1 unspecified atom stereocenters. The van der Waals surface area contributed by atoms with Crippen LogP contribution in [0.4, 0.5) is 15.9 Å². The summed E-state index contributed by atoms with van der Waals surface area (Å²) in [7, 11) is 3.87. The molecular weight excluding hydrogens is 621 g/mol. The molecule has 0 aliphatic carbocycles. The van der Waals surface area contributed by atoms with E-state index in [1.165, 1.54) is 4.90 Å². The maximum atomic E-state index is 13.9. The molecule has 1 amide bonds. The fraction of sp³-hybridized carbons (Fsp3) is 0.486. The molecule has 248 valence electrons. The van der Waals surface area contributed by atoms with Gasteiger partial charge in [0.2, 0.25) is 0 Å². The third-order valence-electron chi connectivity index (χ3n) is 9.83. The Bertz CT molecular complexity index is 1690. The van der Waals surface area contributed by atoms with Crippen LogP contribution in [-0.4, -0.2) is 97.4 Å². The number of rotatable bonds is 9. The molecule has 3 aliphatic rings. The van der Waals surface area contributed by atoms with Gasteiger partial charge in [0.15, 0.2) is 5.83 Å². The highest BCUT2D eigenvalue weighted by Gasteiger charge is 2.36. The number of fused-ring (bicyclic) bond motifs is 2. The van der Waals surface area contributed by atoms with E-state index in [-0.39, 0.29) is 25.0 Å². The van der Waals surface area contributed by atoms with Crippen LogP contribution in [-0.2, 0) is 22.5 Å². The number of nitriles is 1. The highest BCUT2D eigenvalue weighted by molar-refractivity contribution is 6.36. The number of halogens is 2. The summed E-state index contributed by atoms with van der Waals surface area (Å²) >= 11 is 6.71. The highest BCUT2D eigenvalue weighted by atomic mass is 35.5. The maximum Gasteiger partial charge on any atom is 0.318 e. The van der Waals surface area contributed by atoms with E-state index in [0.717, 1.165) is 53.0 Å². The van der Waals surface area contributed by atoms with Crippen LogP contribution in [0.5, 0.6) is 6.01 Å². The Labute approximate surface area is 280 Å². The Hall–Kier alpha value is -3.98. The zero-order valence-electron chi connectivity index (χ0n) is 27.2. The van der Waals surface area contributed by atoms with E-state index in [1.54, 1.807) is 7.11 Å². The topological polar surface area (TPSA) is 98.1 Å². The molecule has 0 bridgehead atoms. The van der Waals surface area contributed by atoms with Crippen molar-refractivity contribution in [3.05, 3.63) is 65.1 Å². The molecule has 0 saturated carbocycles. The van der Waals surface area contributed by atoms with Gasteiger partial charge in [0.1, 0.15) is 5.82 Å². The molecular formula is C35H41ClFN7O3. The lowest BCUT2D eigenvalue weighted by atomic mass is 10.00. The summed E-state index contributed by atoms with van der Waals surface area (Å²) < 4.78 is 25.8. The van der Waals surface area contributed by atoms with Crippen molar-refractivity contribution in [3.63, 3.8) is 0 Å². The average molecular weight is 662 g/mol. The first-order valence-electron chi connectivity index (χ1n) is 16.1. The minimum Gasteiger partial charge on any atom is -0.463 e. The summed E-state index contributed by atoms with van der Waals surface area (Å²) in [6.45, 7) is 8.94. The summed E-state index contributed by atoms with van der Waals surface area (Å²) in [6.07, 6.45) is 1.88. The minimum atomic E-state index is -1.02. The number of ether oxygens (including phenoxy) is 2. The van der Waals surface area contributed by atoms with Gasteiger partial charge in [-0.2, -0.15) is 15.2 Å². The summed E-state index contributed by atoms with van der Waals surface area (Å²) in [4.78, 5) is 30.6. The highest BCUT2D eigenvalue weighted by Crippen LogP contribution is 2.37. The number of amides is 1. The number of methoxy groups -OCH3 is 1. The second-order valence-corrected chi connectivity index (χ2v) is 13.2. The second kappa shape index (κ2) is 14.0. The standard InChI is InChI=1S/C35H41ClFN7O3/c1-22(31-17-26(46-4)19-41(31)3)21-47-35-39-29-20-42(30-10-6-8-24-7-5-9-28(36)32(24)30)14-12-27(29)33(40-35)43-15-16-44(34(45)23(2)37)25(18-43)11-13-38/h5-10,22,25-26,31H,2,11-12,14-21H2,1,3-4H3/t22-,25-,26+,31?/m0/s1. The molecule has 3 aliphatic heterocycles. The predicted molar refractivity (Wildman–Crippen MR) is 180 cm³/mol. The second-order valence-electron chi connectivity index (χ2n) is 12.8. The number of carbonyl (C=O) groups is 1. The van der Waals surface area contributed by atoms with E-state index in [1.807, 2.05) is 18.2 Å². The molecule has 1 aromatic heterocycles. The molecule has 10 nitrogen and oxygen atoms in total. The van der Waals surface area contributed by atoms with E-state index in [9.17, 15) is 14.4 Å². The monoisotopic (exact) mass is 661 g/mol. The molecule has 47 heavy (non-hydrogen) atoms. The molecule has 0 N–H and O–H groups in total. The van der Waals surface area contributed by atoms with E-state index in [4.69, 9.17) is 31.0 Å². The smallest absolute Gasteiger partial charge is 0.318 e. The van der Waals surface area contributed by atoms with Crippen LogP contribution >= 0.6 is 11.6 Å². The zero-order valence-corrected chi connectivity index (χ0v) is 27.9. The van der Waals surface area contributed by atoms with Gasteiger partial charge in [-0.25, -0.2) is 4.39 Å². The number of likely N-dealkylation sites (N-methyl/N-ethyl adjacent to an activating group) is 1. The molecule has 12 heteroatoms. The van der Waals surface area contributed by atoms with E-state index >= 15 is 0 Å². The molecule has 4 heterocycles. The van der Waals surface area contributed by atoms with Crippen LogP contribution in [0.15, 0.2) is 48.8 Å². The summed E-state index contributed by atoms with van der Waals surface area (Å²) in [5, 5.41) is 12.3.